The Labute approximate surface area is 171 Å². The molecule has 2 aromatic rings. The average Bonchev–Trinajstić information content (AvgIpc) is 3.06. The van der Waals surface area contributed by atoms with Gasteiger partial charge in [0.25, 0.3) is 10.0 Å². The van der Waals surface area contributed by atoms with Crippen molar-refractivity contribution >= 4 is 27.3 Å². The Bertz CT molecular complexity index is 1080. The van der Waals surface area contributed by atoms with Crippen LogP contribution >= 0.6 is 0 Å². The van der Waals surface area contributed by atoms with Crippen LogP contribution in [0.5, 0.6) is 5.75 Å². The zero-order chi connectivity index (χ0) is 20.8. The summed E-state index contributed by atoms with van der Waals surface area (Å²) in [5.41, 5.74) is 2.85. The van der Waals surface area contributed by atoms with Crippen molar-refractivity contribution in [2.24, 2.45) is 0 Å². The number of hydrogen-bond donors (Lipinski definition) is 1. The van der Waals surface area contributed by atoms with Crippen LogP contribution in [0.1, 0.15) is 44.2 Å². The Balaban J connectivity index is 1.56. The molecule has 2 aromatic carbocycles. The molecule has 1 fully saturated rings. The Morgan fingerprint density at radius 3 is 2.59 bits per heavy atom. The van der Waals surface area contributed by atoms with Gasteiger partial charge in [-0.05, 0) is 87.6 Å². The highest BCUT2D eigenvalue weighted by Gasteiger charge is 2.28. The van der Waals surface area contributed by atoms with E-state index in [4.69, 9.17) is 4.74 Å². The molecule has 2 aliphatic rings. The number of amides is 1. The molecule has 1 saturated heterocycles. The van der Waals surface area contributed by atoms with Crippen LogP contribution in [-0.2, 0) is 21.2 Å². The molecule has 0 bridgehead atoms. The monoisotopic (exact) mass is 414 g/mol. The first kappa shape index (κ1) is 19.8. The van der Waals surface area contributed by atoms with Crippen LogP contribution in [0.15, 0.2) is 41.3 Å². The highest BCUT2D eigenvalue weighted by molar-refractivity contribution is 7.92. The molecule has 0 radical (unpaired) electrons. The molecular formula is C22H26N2O4S. The Hall–Kier alpha value is -2.54. The third kappa shape index (κ3) is 3.96. The lowest BCUT2D eigenvalue weighted by Crippen LogP contribution is -2.32. The van der Waals surface area contributed by atoms with Gasteiger partial charge in [-0.15, -0.1) is 0 Å². The molecule has 4 rings (SSSR count). The zero-order valence-electron chi connectivity index (χ0n) is 17.0. The Kier molecular flexibility index (Phi) is 4.81. The van der Waals surface area contributed by atoms with Crippen molar-refractivity contribution in [2.45, 2.75) is 57.0 Å². The predicted octanol–water partition coefficient (Wildman–Crippen LogP) is 4.03. The predicted molar refractivity (Wildman–Crippen MR) is 113 cm³/mol. The largest absolute Gasteiger partial charge is 0.488 e. The van der Waals surface area contributed by atoms with E-state index in [1.165, 1.54) is 0 Å². The van der Waals surface area contributed by atoms with Crippen molar-refractivity contribution in [3.63, 3.8) is 0 Å². The lowest BCUT2D eigenvalue weighted by Gasteiger charge is -2.32. The highest BCUT2D eigenvalue weighted by Crippen LogP contribution is 2.35. The topological polar surface area (TPSA) is 75.7 Å². The van der Waals surface area contributed by atoms with Gasteiger partial charge in [0.15, 0.2) is 0 Å². The number of aryl methyl sites for hydroxylation is 2. The fourth-order valence-electron chi connectivity index (χ4n) is 3.94. The van der Waals surface area contributed by atoms with Crippen molar-refractivity contribution in [1.29, 1.82) is 0 Å². The fourth-order valence-corrected chi connectivity index (χ4v) is 5.04. The van der Waals surface area contributed by atoms with E-state index in [-0.39, 0.29) is 16.4 Å². The van der Waals surface area contributed by atoms with Crippen LogP contribution in [0.4, 0.5) is 11.4 Å². The maximum absolute atomic E-state index is 12.9. The van der Waals surface area contributed by atoms with Crippen LogP contribution in [0.2, 0.25) is 0 Å². The first-order chi connectivity index (χ1) is 13.6. The van der Waals surface area contributed by atoms with E-state index < -0.39 is 10.0 Å². The van der Waals surface area contributed by atoms with Gasteiger partial charge >= 0.3 is 0 Å². The number of ether oxygens (including phenoxy) is 1. The van der Waals surface area contributed by atoms with Crippen molar-refractivity contribution in [3.8, 4) is 5.75 Å². The number of anilines is 2. The number of nitrogens with zero attached hydrogens (tertiary/aromatic N) is 1. The molecule has 154 valence electrons. The number of carbonyl (C=O) groups excluding carboxylic acids is 1. The molecule has 2 heterocycles. The maximum atomic E-state index is 12.9. The molecule has 1 N–H and O–H groups in total. The molecule has 0 aromatic heterocycles. The highest BCUT2D eigenvalue weighted by atomic mass is 32.2. The Morgan fingerprint density at radius 1 is 1.10 bits per heavy atom. The summed E-state index contributed by atoms with van der Waals surface area (Å²) < 4.78 is 34.4. The van der Waals surface area contributed by atoms with E-state index in [0.29, 0.717) is 18.7 Å². The van der Waals surface area contributed by atoms with E-state index in [1.54, 1.807) is 41.3 Å². The summed E-state index contributed by atoms with van der Waals surface area (Å²) in [6.45, 7) is 6.66. The van der Waals surface area contributed by atoms with E-state index >= 15 is 0 Å². The summed E-state index contributed by atoms with van der Waals surface area (Å²) in [4.78, 5) is 14.0. The first-order valence-electron chi connectivity index (χ1n) is 9.90. The van der Waals surface area contributed by atoms with Crippen LogP contribution in [-0.4, -0.2) is 26.5 Å². The number of carbonyl (C=O) groups is 1. The molecule has 6 nitrogen and oxygen atoms in total. The summed E-state index contributed by atoms with van der Waals surface area (Å²) in [5.74, 6) is 0.858. The lowest BCUT2D eigenvalue weighted by atomic mass is 9.94. The van der Waals surface area contributed by atoms with Gasteiger partial charge in [0, 0.05) is 24.3 Å². The third-order valence-electron chi connectivity index (χ3n) is 5.54. The van der Waals surface area contributed by atoms with Crippen LogP contribution in [0, 0.1) is 6.92 Å². The fraction of sp³-hybridized carbons (Fsp3) is 0.409. The average molecular weight is 415 g/mol. The number of fused-ring (bicyclic) bond motifs is 1. The van der Waals surface area contributed by atoms with Crippen molar-refractivity contribution in [3.05, 3.63) is 47.5 Å². The second-order valence-electron chi connectivity index (χ2n) is 8.39. The second-order valence-corrected chi connectivity index (χ2v) is 10.1. The molecular weight excluding hydrogens is 388 g/mol. The molecule has 0 atom stereocenters. The van der Waals surface area contributed by atoms with Crippen LogP contribution in [0.3, 0.4) is 0 Å². The van der Waals surface area contributed by atoms with Crippen molar-refractivity contribution < 1.29 is 17.9 Å². The SMILES string of the molecule is Cc1cc(NS(=O)(=O)c2ccc3c(c2)CCC(C)(C)O3)ccc1N1CCCC1=O. The van der Waals surface area contributed by atoms with Crippen LogP contribution < -0.4 is 14.4 Å². The van der Waals surface area contributed by atoms with Crippen LogP contribution in [0.25, 0.3) is 0 Å². The third-order valence-corrected chi connectivity index (χ3v) is 6.92. The quantitative estimate of drug-likeness (QED) is 0.820. The van der Waals surface area contributed by atoms with Gasteiger partial charge in [0.05, 0.1) is 4.90 Å². The normalized spacial score (nSPS) is 18.3. The zero-order valence-corrected chi connectivity index (χ0v) is 17.8. The number of benzene rings is 2. The Morgan fingerprint density at radius 2 is 1.90 bits per heavy atom. The number of rotatable bonds is 4. The van der Waals surface area contributed by atoms with Crippen molar-refractivity contribution in [2.75, 3.05) is 16.2 Å². The molecule has 0 saturated carbocycles. The van der Waals surface area contributed by atoms with E-state index in [9.17, 15) is 13.2 Å². The molecule has 1 amide bonds. The van der Waals surface area contributed by atoms with Gasteiger partial charge in [0.1, 0.15) is 11.4 Å². The second kappa shape index (κ2) is 7.06. The summed E-state index contributed by atoms with van der Waals surface area (Å²) in [5, 5.41) is 0. The molecule has 0 aliphatic carbocycles. The number of hydrogen-bond acceptors (Lipinski definition) is 4. The van der Waals surface area contributed by atoms with Gasteiger partial charge in [-0.25, -0.2) is 8.42 Å². The lowest BCUT2D eigenvalue weighted by molar-refractivity contribution is -0.117. The summed E-state index contributed by atoms with van der Waals surface area (Å²) in [6, 6.07) is 10.3. The summed E-state index contributed by atoms with van der Waals surface area (Å²) in [7, 11) is -3.72. The maximum Gasteiger partial charge on any atom is 0.261 e. The van der Waals surface area contributed by atoms with E-state index in [2.05, 4.69) is 4.72 Å². The van der Waals surface area contributed by atoms with Gasteiger partial charge in [0.2, 0.25) is 5.91 Å². The minimum absolute atomic E-state index is 0.112. The molecule has 7 heteroatoms. The molecule has 0 unspecified atom stereocenters. The standard InChI is InChI=1S/C22H26N2O4S/c1-15-13-17(6-8-19(15)24-12-4-5-21(24)25)23-29(26,27)18-7-9-20-16(14-18)10-11-22(2,3)28-20/h6-9,13-14,23H,4-5,10-12H2,1-3H3. The number of sulfonamides is 1. The van der Waals surface area contributed by atoms with Gasteiger partial charge < -0.3 is 9.64 Å². The molecule has 0 spiro atoms. The van der Waals surface area contributed by atoms with E-state index in [1.807, 2.05) is 20.8 Å². The van der Waals surface area contributed by atoms with Gasteiger partial charge in [-0.2, -0.15) is 0 Å². The summed E-state index contributed by atoms with van der Waals surface area (Å²) >= 11 is 0. The van der Waals surface area contributed by atoms with Crippen molar-refractivity contribution in [1.82, 2.24) is 0 Å². The van der Waals surface area contributed by atoms with E-state index in [0.717, 1.165) is 41.8 Å². The smallest absolute Gasteiger partial charge is 0.261 e. The molecule has 29 heavy (non-hydrogen) atoms. The minimum atomic E-state index is -3.72. The summed E-state index contributed by atoms with van der Waals surface area (Å²) in [6.07, 6.45) is 3.04. The minimum Gasteiger partial charge on any atom is -0.488 e. The van der Waals surface area contributed by atoms with Gasteiger partial charge in [-0.1, -0.05) is 0 Å². The number of nitrogens with one attached hydrogen (secondary N) is 1. The van der Waals surface area contributed by atoms with Gasteiger partial charge in [-0.3, -0.25) is 9.52 Å². The first-order valence-corrected chi connectivity index (χ1v) is 11.4. The molecule has 2 aliphatic heterocycles.